The van der Waals surface area contributed by atoms with Crippen LogP contribution >= 0.6 is 11.3 Å². The number of benzene rings is 1. The molecule has 112 valence electrons. The Hall–Kier alpha value is -2.22. The monoisotopic (exact) mass is 311 g/mol. The van der Waals surface area contributed by atoms with Crippen molar-refractivity contribution in [3.05, 3.63) is 43.6 Å². The SMILES string of the molecule is COc1cc(NCc2nc(C)sc2C)c([N+](=O)[O-])cc1F. The average Bonchev–Trinajstić information content (AvgIpc) is 2.75. The van der Waals surface area contributed by atoms with Crippen LogP contribution in [0.2, 0.25) is 0 Å². The molecule has 0 unspecified atom stereocenters. The molecule has 2 aromatic rings. The van der Waals surface area contributed by atoms with Gasteiger partial charge in [0.25, 0.3) is 5.69 Å². The summed E-state index contributed by atoms with van der Waals surface area (Å²) >= 11 is 1.56. The Bertz CT molecular complexity index is 688. The van der Waals surface area contributed by atoms with Crippen LogP contribution in [0.1, 0.15) is 15.6 Å². The third kappa shape index (κ3) is 3.27. The van der Waals surface area contributed by atoms with Crippen molar-refractivity contribution >= 4 is 22.7 Å². The minimum absolute atomic E-state index is 0.0470. The fourth-order valence-electron chi connectivity index (χ4n) is 1.91. The Morgan fingerprint density at radius 1 is 1.48 bits per heavy atom. The van der Waals surface area contributed by atoms with E-state index >= 15 is 0 Å². The quantitative estimate of drug-likeness (QED) is 0.676. The van der Waals surface area contributed by atoms with Crippen molar-refractivity contribution in [1.82, 2.24) is 4.98 Å². The number of nitro benzene ring substituents is 1. The average molecular weight is 311 g/mol. The Labute approximate surface area is 124 Å². The third-order valence-corrected chi connectivity index (χ3v) is 3.84. The van der Waals surface area contributed by atoms with Crippen LogP contribution in [0.25, 0.3) is 0 Å². The molecule has 0 aliphatic rings. The maximum Gasteiger partial charge on any atom is 0.295 e. The van der Waals surface area contributed by atoms with Crippen LogP contribution in [-0.4, -0.2) is 17.0 Å². The van der Waals surface area contributed by atoms with Gasteiger partial charge < -0.3 is 10.1 Å². The fraction of sp³-hybridized carbons (Fsp3) is 0.308. The molecule has 0 saturated carbocycles. The summed E-state index contributed by atoms with van der Waals surface area (Å²) in [5, 5.41) is 14.8. The zero-order valence-electron chi connectivity index (χ0n) is 11.8. The highest BCUT2D eigenvalue weighted by molar-refractivity contribution is 7.11. The number of nitrogens with zero attached hydrogens (tertiary/aromatic N) is 2. The van der Waals surface area contributed by atoms with Gasteiger partial charge in [-0.2, -0.15) is 0 Å². The van der Waals surface area contributed by atoms with E-state index in [1.165, 1.54) is 13.2 Å². The summed E-state index contributed by atoms with van der Waals surface area (Å²) < 4.78 is 18.4. The molecule has 0 fully saturated rings. The van der Waals surface area contributed by atoms with Crippen molar-refractivity contribution in [3.8, 4) is 5.75 Å². The summed E-state index contributed by atoms with van der Waals surface area (Å²) in [5.41, 5.74) is 0.677. The number of methoxy groups -OCH3 is 1. The number of ether oxygens (including phenoxy) is 1. The maximum atomic E-state index is 13.6. The van der Waals surface area contributed by atoms with Crippen LogP contribution < -0.4 is 10.1 Å². The molecule has 1 heterocycles. The molecule has 0 spiro atoms. The third-order valence-electron chi connectivity index (χ3n) is 2.91. The Kier molecular flexibility index (Phi) is 4.37. The molecule has 0 radical (unpaired) electrons. The second kappa shape index (κ2) is 6.04. The van der Waals surface area contributed by atoms with Gasteiger partial charge in [-0.25, -0.2) is 9.37 Å². The summed E-state index contributed by atoms with van der Waals surface area (Å²) in [4.78, 5) is 15.7. The molecule has 0 atom stereocenters. The molecular formula is C13H14FN3O3S. The van der Waals surface area contributed by atoms with Crippen LogP contribution in [0.5, 0.6) is 5.75 Å². The molecule has 0 saturated heterocycles. The van der Waals surface area contributed by atoms with E-state index in [4.69, 9.17) is 4.74 Å². The van der Waals surface area contributed by atoms with Gasteiger partial charge in [0, 0.05) is 10.9 Å². The number of nitrogens with one attached hydrogen (secondary N) is 1. The molecule has 1 aromatic carbocycles. The highest BCUT2D eigenvalue weighted by Gasteiger charge is 2.19. The van der Waals surface area contributed by atoms with E-state index < -0.39 is 10.7 Å². The van der Waals surface area contributed by atoms with Crippen molar-refractivity contribution in [1.29, 1.82) is 0 Å². The van der Waals surface area contributed by atoms with E-state index in [1.54, 1.807) is 11.3 Å². The van der Waals surface area contributed by atoms with Gasteiger partial charge in [0.05, 0.1) is 35.3 Å². The molecule has 0 bridgehead atoms. The molecule has 21 heavy (non-hydrogen) atoms. The lowest BCUT2D eigenvalue weighted by molar-refractivity contribution is -0.384. The van der Waals surface area contributed by atoms with Gasteiger partial charge in [-0.1, -0.05) is 0 Å². The largest absolute Gasteiger partial charge is 0.494 e. The number of aryl methyl sites for hydroxylation is 2. The maximum absolute atomic E-state index is 13.6. The molecule has 1 N–H and O–H groups in total. The molecule has 0 amide bonds. The number of hydrogen-bond donors (Lipinski definition) is 1. The van der Waals surface area contributed by atoms with Gasteiger partial charge in [0.2, 0.25) is 0 Å². The minimum Gasteiger partial charge on any atom is -0.494 e. The van der Waals surface area contributed by atoms with Gasteiger partial charge in [0.15, 0.2) is 11.6 Å². The molecule has 1 aromatic heterocycles. The number of hydrogen-bond acceptors (Lipinski definition) is 6. The number of rotatable bonds is 5. The van der Waals surface area contributed by atoms with Gasteiger partial charge in [-0.3, -0.25) is 10.1 Å². The number of halogens is 1. The van der Waals surface area contributed by atoms with E-state index in [9.17, 15) is 14.5 Å². The molecule has 2 rings (SSSR count). The highest BCUT2D eigenvalue weighted by Crippen LogP contribution is 2.32. The van der Waals surface area contributed by atoms with Crippen molar-refractivity contribution in [2.24, 2.45) is 0 Å². The van der Waals surface area contributed by atoms with Crippen molar-refractivity contribution in [2.75, 3.05) is 12.4 Å². The van der Waals surface area contributed by atoms with E-state index in [2.05, 4.69) is 10.3 Å². The van der Waals surface area contributed by atoms with E-state index in [1.807, 2.05) is 13.8 Å². The fourth-order valence-corrected chi connectivity index (χ4v) is 2.74. The smallest absolute Gasteiger partial charge is 0.295 e. The second-order valence-electron chi connectivity index (χ2n) is 4.35. The first-order chi connectivity index (χ1) is 9.92. The normalized spacial score (nSPS) is 10.5. The molecule has 0 aliphatic carbocycles. The van der Waals surface area contributed by atoms with E-state index in [-0.39, 0.29) is 17.1 Å². The Morgan fingerprint density at radius 2 is 2.19 bits per heavy atom. The number of aromatic nitrogens is 1. The summed E-state index contributed by atoms with van der Waals surface area (Å²) in [6.07, 6.45) is 0. The molecule has 0 aliphatic heterocycles. The standard InChI is InChI=1S/C13H14FN3O3S/c1-7-11(16-8(2)21-7)6-15-10-5-13(20-3)9(14)4-12(10)17(18)19/h4-5,15H,6H2,1-3H3. The first kappa shape index (κ1) is 15.2. The lowest BCUT2D eigenvalue weighted by Crippen LogP contribution is -2.05. The van der Waals surface area contributed by atoms with Gasteiger partial charge >= 0.3 is 0 Å². The van der Waals surface area contributed by atoms with E-state index in [0.717, 1.165) is 21.6 Å². The van der Waals surface area contributed by atoms with Crippen molar-refractivity contribution < 1.29 is 14.1 Å². The summed E-state index contributed by atoms with van der Waals surface area (Å²) in [7, 11) is 1.31. The topological polar surface area (TPSA) is 77.3 Å². The lowest BCUT2D eigenvalue weighted by atomic mass is 10.2. The molecule has 6 nitrogen and oxygen atoms in total. The number of nitro groups is 1. The minimum atomic E-state index is -0.768. The highest BCUT2D eigenvalue weighted by atomic mass is 32.1. The van der Waals surface area contributed by atoms with Crippen LogP contribution in [0.3, 0.4) is 0 Å². The Balaban J connectivity index is 2.29. The van der Waals surface area contributed by atoms with Crippen LogP contribution in [0, 0.1) is 29.8 Å². The number of anilines is 1. The van der Waals surface area contributed by atoms with Crippen LogP contribution in [-0.2, 0) is 6.54 Å². The van der Waals surface area contributed by atoms with Crippen molar-refractivity contribution in [2.45, 2.75) is 20.4 Å². The summed E-state index contributed by atoms with van der Waals surface area (Å²) in [6, 6.07) is 2.13. The molecule has 8 heteroatoms. The van der Waals surface area contributed by atoms with Gasteiger partial charge in [0.1, 0.15) is 5.69 Å². The summed E-state index contributed by atoms with van der Waals surface area (Å²) in [6.45, 7) is 4.15. The number of thiazole rings is 1. The first-order valence-corrected chi connectivity index (χ1v) is 6.92. The molecular weight excluding hydrogens is 297 g/mol. The van der Waals surface area contributed by atoms with Gasteiger partial charge in [-0.05, 0) is 13.8 Å². The van der Waals surface area contributed by atoms with Crippen LogP contribution in [0.15, 0.2) is 12.1 Å². The summed E-state index contributed by atoms with van der Waals surface area (Å²) in [5.74, 6) is -0.815. The van der Waals surface area contributed by atoms with E-state index in [0.29, 0.717) is 6.54 Å². The zero-order chi connectivity index (χ0) is 15.6. The van der Waals surface area contributed by atoms with Gasteiger partial charge in [-0.15, -0.1) is 11.3 Å². The predicted molar refractivity (Wildman–Crippen MR) is 78.5 cm³/mol. The Morgan fingerprint density at radius 3 is 2.71 bits per heavy atom. The first-order valence-electron chi connectivity index (χ1n) is 6.11. The van der Waals surface area contributed by atoms with Crippen molar-refractivity contribution in [3.63, 3.8) is 0 Å². The second-order valence-corrected chi connectivity index (χ2v) is 5.76. The van der Waals surface area contributed by atoms with Crippen LogP contribution in [0.4, 0.5) is 15.8 Å². The predicted octanol–water partition coefficient (Wildman–Crippen LogP) is 3.43. The zero-order valence-corrected chi connectivity index (χ0v) is 12.6. The lowest BCUT2D eigenvalue weighted by Gasteiger charge is -2.09.